The lowest BCUT2D eigenvalue weighted by Gasteiger charge is -2.34. The molecule has 0 saturated heterocycles. The van der Waals surface area contributed by atoms with Gasteiger partial charge in [-0.1, -0.05) is 22.9 Å². The van der Waals surface area contributed by atoms with Gasteiger partial charge >= 0.3 is 0 Å². The van der Waals surface area contributed by atoms with E-state index < -0.39 is 0 Å². The fourth-order valence-corrected chi connectivity index (χ4v) is 2.13. The first-order valence-electron chi connectivity index (χ1n) is 5.24. The Balaban J connectivity index is 2.15. The molecular formula is C10H18BrNO2. The summed E-state index contributed by atoms with van der Waals surface area (Å²) in [5, 5.41) is 12.1. The highest BCUT2D eigenvalue weighted by molar-refractivity contribution is 9.10. The molecule has 0 aromatic heterocycles. The van der Waals surface area contributed by atoms with Crippen LogP contribution in [0, 0.1) is 0 Å². The molecule has 4 heteroatoms. The van der Waals surface area contributed by atoms with Gasteiger partial charge in [-0.2, -0.15) is 0 Å². The van der Waals surface area contributed by atoms with Crippen molar-refractivity contribution in [2.24, 2.45) is 0 Å². The lowest BCUT2D eigenvalue weighted by molar-refractivity contribution is -0.125. The van der Waals surface area contributed by atoms with E-state index >= 15 is 0 Å². The second-order valence-electron chi connectivity index (χ2n) is 3.93. The van der Waals surface area contributed by atoms with Gasteiger partial charge in [-0.05, 0) is 32.1 Å². The maximum absolute atomic E-state index is 11.6. The highest BCUT2D eigenvalue weighted by Gasteiger charge is 2.41. The molecular weight excluding hydrogens is 246 g/mol. The maximum Gasteiger partial charge on any atom is 0.236 e. The van der Waals surface area contributed by atoms with Crippen LogP contribution in [0.15, 0.2) is 0 Å². The minimum Gasteiger partial charge on any atom is -0.393 e. The van der Waals surface area contributed by atoms with Gasteiger partial charge in [-0.25, -0.2) is 0 Å². The fraction of sp³-hybridized carbons (Fsp3) is 0.900. The molecule has 82 valence electrons. The van der Waals surface area contributed by atoms with E-state index in [1.54, 1.807) is 0 Å². The van der Waals surface area contributed by atoms with E-state index in [-0.39, 0.29) is 16.3 Å². The number of nitrogens with one attached hydrogen (secondary N) is 1. The van der Waals surface area contributed by atoms with Gasteiger partial charge in [0.1, 0.15) is 4.32 Å². The topological polar surface area (TPSA) is 49.3 Å². The van der Waals surface area contributed by atoms with E-state index in [0.29, 0.717) is 13.0 Å². The number of carbonyl (C=O) groups is 1. The second kappa shape index (κ2) is 5.12. The molecule has 3 nitrogen and oxygen atoms in total. The van der Waals surface area contributed by atoms with Gasteiger partial charge in [0.05, 0.1) is 6.10 Å². The van der Waals surface area contributed by atoms with Crippen molar-refractivity contribution in [3.05, 3.63) is 0 Å². The molecule has 1 aliphatic carbocycles. The molecule has 0 radical (unpaired) electrons. The molecule has 0 spiro atoms. The molecule has 0 bridgehead atoms. The number of rotatable bonds is 5. The SMILES string of the molecule is CCC(O)CCNC(=O)C1(Br)CCC1. The quantitative estimate of drug-likeness (QED) is 0.741. The molecule has 1 aliphatic rings. The summed E-state index contributed by atoms with van der Waals surface area (Å²) < 4.78 is -0.301. The van der Waals surface area contributed by atoms with Crippen molar-refractivity contribution in [2.45, 2.75) is 49.5 Å². The molecule has 0 aromatic carbocycles. The Kier molecular flexibility index (Phi) is 4.38. The van der Waals surface area contributed by atoms with Crippen molar-refractivity contribution in [3.63, 3.8) is 0 Å². The van der Waals surface area contributed by atoms with Gasteiger partial charge in [0, 0.05) is 6.54 Å². The summed E-state index contributed by atoms with van der Waals surface area (Å²) in [7, 11) is 0. The molecule has 1 fully saturated rings. The zero-order valence-corrected chi connectivity index (χ0v) is 10.1. The third-order valence-corrected chi connectivity index (χ3v) is 3.94. The minimum atomic E-state index is -0.301. The Morgan fingerprint density at radius 3 is 2.71 bits per heavy atom. The van der Waals surface area contributed by atoms with Crippen molar-refractivity contribution in [3.8, 4) is 0 Å². The average Bonchev–Trinajstić information content (AvgIpc) is 2.13. The van der Waals surface area contributed by atoms with Gasteiger partial charge < -0.3 is 10.4 Å². The number of amides is 1. The maximum atomic E-state index is 11.6. The summed E-state index contributed by atoms with van der Waals surface area (Å²) in [4.78, 5) is 11.6. The highest BCUT2D eigenvalue weighted by Crippen LogP contribution is 2.40. The zero-order valence-electron chi connectivity index (χ0n) is 8.55. The summed E-state index contributed by atoms with van der Waals surface area (Å²) in [6.07, 6.45) is 4.07. The molecule has 1 atom stereocenters. The van der Waals surface area contributed by atoms with Crippen molar-refractivity contribution in [1.29, 1.82) is 0 Å². The molecule has 0 aromatic rings. The van der Waals surface area contributed by atoms with Crippen molar-refractivity contribution >= 4 is 21.8 Å². The van der Waals surface area contributed by atoms with Crippen LogP contribution in [0.1, 0.15) is 39.0 Å². The van der Waals surface area contributed by atoms with E-state index in [1.165, 1.54) is 0 Å². The van der Waals surface area contributed by atoms with E-state index in [1.807, 2.05) is 6.92 Å². The van der Waals surface area contributed by atoms with E-state index in [4.69, 9.17) is 0 Å². The van der Waals surface area contributed by atoms with Crippen molar-refractivity contribution < 1.29 is 9.90 Å². The van der Waals surface area contributed by atoms with E-state index in [9.17, 15) is 9.90 Å². The van der Waals surface area contributed by atoms with Crippen LogP contribution in [0.4, 0.5) is 0 Å². The van der Waals surface area contributed by atoms with Crippen LogP contribution in [0.5, 0.6) is 0 Å². The Morgan fingerprint density at radius 1 is 1.64 bits per heavy atom. The summed E-state index contributed by atoms with van der Waals surface area (Å²) in [5.41, 5.74) is 0. The number of hydrogen-bond donors (Lipinski definition) is 2. The van der Waals surface area contributed by atoms with E-state index in [2.05, 4.69) is 21.2 Å². The molecule has 1 unspecified atom stereocenters. The number of halogens is 1. The average molecular weight is 264 g/mol. The number of hydrogen-bond acceptors (Lipinski definition) is 2. The zero-order chi connectivity index (χ0) is 10.6. The lowest BCUT2D eigenvalue weighted by atomic mass is 9.84. The molecule has 0 aliphatic heterocycles. The van der Waals surface area contributed by atoms with Crippen LogP contribution < -0.4 is 5.32 Å². The first-order chi connectivity index (χ1) is 6.58. The van der Waals surface area contributed by atoms with Gasteiger partial charge in [-0.3, -0.25) is 4.79 Å². The Labute approximate surface area is 93.4 Å². The summed E-state index contributed by atoms with van der Waals surface area (Å²) in [5.74, 6) is 0.0760. The van der Waals surface area contributed by atoms with Gasteiger partial charge in [0.2, 0.25) is 5.91 Å². The van der Waals surface area contributed by atoms with E-state index in [0.717, 1.165) is 25.7 Å². The molecule has 2 N–H and O–H groups in total. The van der Waals surface area contributed by atoms with Crippen LogP contribution in [-0.2, 0) is 4.79 Å². The van der Waals surface area contributed by atoms with Gasteiger partial charge in [-0.15, -0.1) is 0 Å². The monoisotopic (exact) mass is 263 g/mol. The van der Waals surface area contributed by atoms with Crippen LogP contribution in [0.25, 0.3) is 0 Å². The third-order valence-electron chi connectivity index (χ3n) is 2.79. The first kappa shape index (κ1) is 12.0. The molecule has 14 heavy (non-hydrogen) atoms. The summed E-state index contributed by atoms with van der Waals surface area (Å²) in [6.45, 7) is 2.51. The number of carbonyl (C=O) groups excluding carboxylic acids is 1. The first-order valence-corrected chi connectivity index (χ1v) is 6.03. The third kappa shape index (κ3) is 2.95. The second-order valence-corrected chi connectivity index (χ2v) is 5.44. The van der Waals surface area contributed by atoms with Gasteiger partial charge in [0.15, 0.2) is 0 Å². The van der Waals surface area contributed by atoms with Crippen LogP contribution in [0.3, 0.4) is 0 Å². The largest absolute Gasteiger partial charge is 0.393 e. The Morgan fingerprint density at radius 2 is 2.29 bits per heavy atom. The normalized spacial score (nSPS) is 21.1. The standard InChI is InChI=1S/C10H18BrNO2/c1-2-8(13)4-7-12-9(14)10(11)5-3-6-10/h8,13H,2-7H2,1H3,(H,12,14). The number of alkyl halides is 1. The van der Waals surface area contributed by atoms with Crippen molar-refractivity contribution in [2.75, 3.05) is 6.54 Å². The van der Waals surface area contributed by atoms with Gasteiger partial charge in [0.25, 0.3) is 0 Å². The molecule has 1 saturated carbocycles. The summed E-state index contributed by atoms with van der Waals surface area (Å²) >= 11 is 3.44. The van der Waals surface area contributed by atoms with Crippen LogP contribution in [-0.4, -0.2) is 28.0 Å². The predicted octanol–water partition coefficient (Wildman–Crippen LogP) is 1.58. The smallest absolute Gasteiger partial charge is 0.236 e. The molecule has 1 amide bonds. The number of aliphatic hydroxyl groups excluding tert-OH is 1. The number of aliphatic hydroxyl groups is 1. The van der Waals surface area contributed by atoms with Crippen LogP contribution in [0.2, 0.25) is 0 Å². The lowest BCUT2D eigenvalue weighted by Crippen LogP contribution is -2.47. The Bertz CT molecular complexity index is 204. The minimum absolute atomic E-state index is 0.0760. The summed E-state index contributed by atoms with van der Waals surface area (Å²) in [6, 6.07) is 0. The molecule has 0 heterocycles. The van der Waals surface area contributed by atoms with Crippen LogP contribution >= 0.6 is 15.9 Å². The van der Waals surface area contributed by atoms with Crippen molar-refractivity contribution in [1.82, 2.24) is 5.32 Å². The highest BCUT2D eigenvalue weighted by atomic mass is 79.9. The fourth-order valence-electron chi connectivity index (χ4n) is 1.43. The Hall–Kier alpha value is -0.0900. The predicted molar refractivity (Wildman–Crippen MR) is 59.4 cm³/mol. The molecule has 1 rings (SSSR count).